The van der Waals surface area contributed by atoms with Crippen molar-refractivity contribution in [2.45, 2.75) is 31.2 Å². The van der Waals surface area contributed by atoms with E-state index in [1.54, 1.807) is 23.1 Å². The predicted octanol–water partition coefficient (Wildman–Crippen LogP) is 2.26. The number of hydrogen-bond donors (Lipinski definition) is 1. The van der Waals surface area contributed by atoms with Crippen molar-refractivity contribution in [3.63, 3.8) is 0 Å². The van der Waals surface area contributed by atoms with Gasteiger partial charge in [-0.15, -0.1) is 0 Å². The van der Waals surface area contributed by atoms with Gasteiger partial charge in [-0.2, -0.15) is 0 Å². The normalized spacial score (nSPS) is 13.9. The quantitative estimate of drug-likeness (QED) is 0.824. The molecule has 1 aliphatic heterocycles. The standard InChI is InChI=1S/C20H24N2O4S/c1-15-7-8-18(26-2)19(13-15)27(24,25)21-11-9-20(23)22-12-10-16-5-3-4-6-17(16)14-22/h3-8,13,21H,9-12,14H2,1-2H3. The highest BCUT2D eigenvalue weighted by Crippen LogP contribution is 2.24. The van der Waals surface area contributed by atoms with E-state index in [9.17, 15) is 13.2 Å². The predicted molar refractivity (Wildman–Crippen MR) is 103 cm³/mol. The molecule has 0 saturated heterocycles. The minimum atomic E-state index is -3.75. The van der Waals surface area contributed by atoms with Gasteiger partial charge in [0.15, 0.2) is 0 Å². The van der Waals surface area contributed by atoms with E-state index in [4.69, 9.17) is 4.74 Å². The van der Waals surface area contributed by atoms with Gasteiger partial charge >= 0.3 is 0 Å². The largest absolute Gasteiger partial charge is 0.495 e. The molecule has 0 radical (unpaired) electrons. The van der Waals surface area contributed by atoms with Gasteiger partial charge in [-0.3, -0.25) is 4.79 Å². The lowest BCUT2D eigenvalue weighted by Crippen LogP contribution is -2.38. The van der Waals surface area contributed by atoms with E-state index in [1.165, 1.54) is 12.7 Å². The van der Waals surface area contributed by atoms with Gasteiger partial charge in [-0.1, -0.05) is 30.3 Å². The highest BCUT2D eigenvalue weighted by Gasteiger charge is 2.22. The van der Waals surface area contributed by atoms with Crippen LogP contribution in [0.15, 0.2) is 47.4 Å². The van der Waals surface area contributed by atoms with Gasteiger partial charge in [0.25, 0.3) is 0 Å². The second-order valence-corrected chi connectivity index (χ2v) is 8.37. The Kier molecular flexibility index (Phi) is 5.82. The molecule has 0 aliphatic carbocycles. The van der Waals surface area contributed by atoms with Crippen molar-refractivity contribution >= 4 is 15.9 Å². The van der Waals surface area contributed by atoms with Crippen LogP contribution in [0.4, 0.5) is 0 Å². The lowest BCUT2D eigenvalue weighted by molar-refractivity contribution is -0.131. The first-order valence-electron chi connectivity index (χ1n) is 8.89. The molecule has 0 saturated carbocycles. The molecule has 1 aliphatic rings. The van der Waals surface area contributed by atoms with Crippen molar-refractivity contribution in [1.29, 1.82) is 0 Å². The molecule has 0 spiro atoms. The maximum atomic E-state index is 12.6. The first kappa shape index (κ1) is 19.4. The molecule has 0 fully saturated rings. The number of fused-ring (bicyclic) bond motifs is 1. The SMILES string of the molecule is COc1ccc(C)cc1S(=O)(=O)NCCC(=O)N1CCc2ccccc2C1. The molecule has 7 heteroatoms. The highest BCUT2D eigenvalue weighted by molar-refractivity contribution is 7.89. The Morgan fingerprint density at radius 3 is 2.67 bits per heavy atom. The maximum absolute atomic E-state index is 12.6. The van der Waals surface area contributed by atoms with E-state index in [2.05, 4.69) is 10.8 Å². The van der Waals surface area contributed by atoms with Gasteiger partial charge in [0.2, 0.25) is 15.9 Å². The first-order chi connectivity index (χ1) is 12.9. The lowest BCUT2D eigenvalue weighted by Gasteiger charge is -2.29. The molecule has 0 atom stereocenters. The molecule has 2 aromatic carbocycles. The number of carbonyl (C=O) groups is 1. The fourth-order valence-electron chi connectivity index (χ4n) is 3.23. The zero-order chi connectivity index (χ0) is 19.4. The molecule has 0 unspecified atom stereocenters. The topological polar surface area (TPSA) is 75.7 Å². The molecule has 1 N–H and O–H groups in total. The van der Waals surface area contributed by atoms with Crippen LogP contribution in [-0.4, -0.2) is 39.4 Å². The molecule has 3 rings (SSSR count). The monoisotopic (exact) mass is 388 g/mol. The van der Waals surface area contributed by atoms with Crippen molar-refractivity contribution < 1.29 is 17.9 Å². The van der Waals surface area contributed by atoms with Crippen LogP contribution in [0.5, 0.6) is 5.75 Å². The number of rotatable bonds is 6. The van der Waals surface area contributed by atoms with Crippen molar-refractivity contribution in [3.05, 3.63) is 59.2 Å². The van der Waals surface area contributed by atoms with Gasteiger partial charge in [0.05, 0.1) is 7.11 Å². The number of carbonyl (C=O) groups excluding carboxylic acids is 1. The second kappa shape index (κ2) is 8.10. The molecule has 0 bridgehead atoms. The van der Waals surface area contributed by atoms with Crippen LogP contribution in [0.2, 0.25) is 0 Å². The van der Waals surface area contributed by atoms with Crippen LogP contribution in [0, 0.1) is 6.92 Å². The van der Waals surface area contributed by atoms with Crippen molar-refractivity contribution in [1.82, 2.24) is 9.62 Å². The number of benzene rings is 2. The number of methoxy groups -OCH3 is 1. The van der Waals surface area contributed by atoms with Crippen LogP contribution < -0.4 is 9.46 Å². The summed E-state index contributed by atoms with van der Waals surface area (Å²) in [7, 11) is -2.31. The molecule has 144 valence electrons. The Morgan fingerprint density at radius 1 is 1.19 bits per heavy atom. The summed E-state index contributed by atoms with van der Waals surface area (Å²) in [5.74, 6) is 0.232. The molecular formula is C20H24N2O4S. The zero-order valence-corrected chi connectivity index (χ0v) is 16.4. The number of sulfonamides is 1. The summed E-state index contributed by atoms with van der Waals surface area (Å²) in [5.41, 5.74) is 3.25. The van der Waals surface area contributed by atoms with Crippen LogP contribution >= 0.6 is 0 Å². The summed E-state index contributed by atoms with van der Waals surface area (Å²) >= 11 is 0. The van der Waals surface area contributed by atoms with E-state index in [0.29, 0.717) is 13.1 Å². The molecule has 6 nitrogen and oxygen atoms in total. The molecule has 2 aromatic rings. The summed E-state index contributed by atoms with van der Waals surface area (Å²) in [5, 5.41) is 0. The van der Waals surface area contributed by atoms with Crippen molar-refractivity contribution in [2.75, 3.05) is 20.2 Å². The minimum Gasteiger partial charge on any atom is -0.495 e. The highest BCUT2D eigenvalue weighted by atomic mass is 32.2. The van der Waals surface area contributed by atoms with E-state index in [0.717, 1.165) is 17.5 Å². The first-order valence-corrected chi connectivity index (χ1v) is 10.4. The summed E-state index contributed by atoms with van der Waals surface area (Å²) in [4.78, 5) is 14.3. The number of nitrogens with one attached hydrogen (secondary N) is 1. The Morgan fingerprint density at radius 2 is 1.93 bits per heavy atom. The van der Waals surface area contributed by atoms with E-state index in [-0.39, 0.29) is 29.5 Å². The minimum absolute atomic E-state index is 0.0520. The number of ether oxygens (including phenoxy) is 1. The van der Waals surface area contributed by atoms with Gasteiger partial charge in [-0.05, 0) is 42.2 Å². The molecular weight excluding hydrogens is 364 g/mol. The second-order valence-electron chi connectivity index (χ2n) is 6.64. The lowest BCUT2D eigenvalue weighted by atomic mass is 10.00. The Balaban J connectivity index is 1.60. The van der Waals surface area contributed by atoms with Gasteiger partial charge in [0, 0.05) is 26.1 Å². The molecule has 1 amide bonds. The van der Waals surface area contributed by atoms with E-state index < -0.39 is 10.0 Å². The smallest absolute Gasteiger partial charge is 0.244 e. The molecule has 1 heterocycles. The summed E-state index contributed by atoms with van der Waals surface area (Å²) in [6, 6.07) is 13.1. The Bertz CT molecular complexity index is 941. The van der Waals surface area contributed by atoms with Gasteiger partial charge < -0.3 is 9.64 Å². The van der Waals surface area contributed by atoms with E-state index >= 15 is 0 Å². The number of hydrogen-bond acceptors (Lipinski definition) is 4. The van der Waals surface area contributed by atoms with E-state index in [1.807, 2.05) is 25.1 Å². The average Bonchev–Trinajstić information content (AvgIpc) is 2.67. The fourth-order valence-corrected chi connectivity index (χ4v) is 4.51. The van der Waals surface area contributed by atoms with Crippen molar-refractivity contribution in [3.8, 4) is 5.75 Å². The third kappa shape index (κ3) is 4.48. The third-order valence-electron chi connectivity index (χ3n) is 4.72. The Labute approximate surface area is 160 Å². The number of aryl methyl sites for hydroxylation is 1. The van der Waals surface area contributed by atoms with Crippen LogP contribution in [0.1, 0.15) is 23.1 Å². The fraction of sp³-hybridized carbons (Fsp3) is 0.350. The average molecular weight is 388 g/mol. The summed E-state index contributed by atoms with van der Waals surface area (Å²) in [6.07, 6.45) is 0.948. The van der Waals surface area contributed by atoms with Crippen LogP contribution in [0.25, 0.3) is 0 Å². The van der Waals surface area contributed by atoms with Crippen LogP contribution in [0.3, 0.4) is 0 Å². The van der Waals surface area contributed by atoms with Crippen LogP contribution in [-0.2, 0) is 27.8 Å². The summed E-state index contributed by atoms with van der Waals surface area (Å²) in [6.45, 7) is 3.11. The zero-order valence-electron chi connectivity index (χ0n) is 15.6. The maximum Gasteiger partial charge on any atom is 0.244 e. The van der Waals surface area contributed by atoms with Gasteiger partial charge in [-0.25, -0.2) is 13.1 Å². The molecule has 27 heavy (non-hydrogen) atoms. The third-order valence-corrected chi connectivity index (χ3v) is 6.21. The Hall–Kier alpha value is -2.38. The molecule has 0 aromatic heterocycles. The van der Waals surface area contributed by atoms with Gasteiger partial charge in [0.1, 0.15) is 10.6 Å². The summed E-state index contributed by atoms with van der Waals surface area (Å²) < 4.78 is 32.8. The van der Waals surface area contributed by atoms with Crippen molar-refractivity contribution in [2.24, 2.45) is 0 Å². The number of amides is 1. The number of nitrogens with zero attached hydrogens (tertiary/aromatic N) is 1.